The number of aliphatic hydroxyl groups excluding tert-OH is 1. The molecule has 1 aliphatic rings. The van der Waals surface area contributed by atoms with Crippen molar-refractivity contribution in [1.29, 1.82) is 0 Å². The van der Waals surface area contributed by atoms with Crippen molar-refractivity contribution >= 4 is 10.9 Å². The molecule has 3 heteroatoms. The smallest absolute Gasteiger partial charge is 0.0990 e. The second-order valence-corrected chi connectivity index (χ2v) is 5.88. The highest BCUT2D eigenvalue weighted by Gasteiger charge is 2.29. The third kappa shape index (κ3) is 1.96. The predicted octanol–water partition coefficient (Wildman–Crippen LogP) is 3.34. The quantitative estimate of drug-likeness (QED) is 0.798. The first kappa shape index (κ1) is 12.6. The Morgan fingerprint density at radius 2 is 1.95 bits per heavy atom. The molecule has 3 aromatic rings. The first-order valence-electron chi connectivity index (χ1n) is 7.41. The number of hydrogen-bond acceptors (Lipinski definition) is 2. The molecule has 4 rings (SSSR count). The van der Waals surface area contributed by atoms with Crippen LogP contribution in [0.2, 0.25) is 0 Å². The maximum atomic E-state index is 10.6. The van der Waals surface area contributed by atoms with E-state index >= 15 is 0 Å². The highest BCUT2D eigenvalue weighted by atomic mass is 16.3. The number of hydrogen-bond donors (Lipinski definition) is 1. The van der Waals surface area contributed by atoms with E-state index in [-0.39, 0.29) is 0 Å². The third-order valence-corrected chi connectivity index (χ3v) is 4.57. The summed E-state index contributed by atoms with van der Waals surface area (Å²) in [7, 11) is 1.93. The van der Waals surface area contributed by atoms with E-state index in [1.54, 1.807) is 0 Å². The lowest BCUT2D eigenvalue weighted by Gasteiger charge is -2.31. The Morgan fingerprint density at radius 3 is 2.81 bits per heavy atom. The fourth-order valence-corrected chi connectivity index (χ4v) is 3.44. The van der Waals surface area contributed by atoms with Gasteiger partial charge in [-0.05, 0) is 36.0 Å². The Kier molecular flexibility index (Phi) is 2.82. The van der Waals surface area contributed by atoms with Crippen LogP contribution in [0.5, 0.6) is 0 Å². The lowest BCUT2D eigenvalue weighted by atomic mass is 9.74. The zero-order valence-electron chi connectivity index (χ0n) is 12.0. The van der Waals surface area contributed by atoms with Crippen molar-refractivity contribution in [3.63, 3.8) is 0 Å². The molecule has 2 aromatic carbocycles. The Labute approximate surface area is 123 Å². The normalized spacial score (nSPS) is 18.3. The van der Waals surface area contributed by atoms with Crippen molar-refractivity contribution < 1.29 is 5.11 Å². The molecule has 1 aliphatic carbocycles. The molecular formula is C18H18N2O. The van der Waals surface area contributed by atoms with E-state index in [1.165, 1.54) is 11.1 Å². The number of rotatable bonds is 3. The molecule has 1 N–H and O–H groups in total. The van der Waals surface area contributed by atoms with Gasteiger partial charge in [0.05, 0.1) is 17.3 Å². The molecule has 0 radical (unpaired) electrons. The minimum Gasteiger partial charge on any atom is -0.387 e. The van der Waals surface area contributed by atoms with E-state index in [2.05, 4.69) is 29.4 Å². The molecule has 0 bridgehead atoms. The van der Waals surface area contributed by atoms with E-state index in [1.807, 2.05) is 36.0 Å². The standard InChI is InChI=1S/C18H18N2O/c1-20-16-9-5-4-8-15(16)18(19-20)17(21)11-13-10-12-6-2-3-7-14(12)13/h2-9,13,17,21H,10-11H2,1H3. The Bertz CT molecular complexity index is 806. The molecule has 0 amide bonds. The zero-order valence-corrected chi connectivity index (χ0v) is 12.0. The highest BCUT2D eigenvalue weighted by molar-refractivity contribution is 5.82. The molecule has 21 heavy (non-hydrogen) atoms. The third-order valence-electron chi connectivity index (χ3n) is 4.57. The second-order valence-electron chi connectivity index (χ2n) is 5.88. The number of fused-ring (bicyclic) bond motifs is 2. The molecule has 0 spiro atoms. The van der Waals surface area contributed by atoms with Gasteiger partial charge in [-0.1, -0.05) is 42.5 Å². The Hall–Kier alpha value is -2.13. The average Bonchev–Trinajstić information content (AvgIpc) is 2.83. The number of aryl methyl sites for hydroxylation is 1. The molecule has 0 saturated carbocycles. The molecule has 3 nitrogen and oxygen atoms in total. The molecule has 1 heterocycles. The van der Waals surface area contributed by atoms with E-state index in [0.717, 1.165) is 29.4 Å². The van der Waals surface area contributed by atoms with Gasteiger partial charge in [-0.25, -0.2) is 0 Å². The van der Waals surface area contributed by atoms with Crippen molar-refractivity contribution in [2.75, 3.05) is 0 Å². The van der Waals surface area contributed by atoms with Crippen molar-refractivity contribution in [2.45, 2.75) is 24.9 Å². The van der Waals surface area contributed by atoms with Crippen LogP contribution in [0.25, 0.3) is 10.9 Å². The summed E-state index contributed by atoms with van der Waals surface area (Å²) in [6.45, 7) is 0. The molecule has 1 aromatic heterocycles. The maximum absolute atomic E-state index is 10.6. The summed E-state index contributed by atoms with van der Waals surface area (Å²) >= 11 is 0. The van der Waals surface area contributed by atoms with Gasteiger partial charge in [-0.3, -0.25) is 4.68 Å². The van der Waals surface area contributed by atoms with Gasteiger partial charge < -0.3 is 5.11 Å². The average molecular weight is 278 g/mol. The van der Waals surface area contributed by atoms with Gasteiger partial charge in [-0.2, -0.15) is 5.10 Å². The summed E-state index contributed by atoms with van der Waals surface area (Å²) in [4.78, 5) is 0. The minimum atomic E-state index is -0.505. The second kappa shape index (κ2) is 4.71. The van der Waals surface area contributed by atoms with Gasteiger partial charge in [0.25, 0.3) is 0 Å². The Morgan fingerprint density at radius 1 is 1.19 bits per heavy atom. The van der Waals surface area contributed by atoms with Crippen LogP contribution >= 0.6 is 0 Å². The lowest BCUT2D eigenvalue weighted by molar-refractivity contribution is 0.149. The maximum Gasteiger partial charge on any atom is 0.0990 e. The molecule has 0 fully saturated rings. The van der Waals surface area contributed by atoms with Gasteiger partial charge in [-0.15, -0.1) is 0 Å². The van der Waals surface area contributed by atoms with E-state index in [4.69, 9.17) is 0 Å². The van der Waals surface area contributed by atoms with Crippen LogP contribution in [0, 0.1) is 0 Å². The molecule has 2 unspecified atom stereocenters. The van der Waals surface area contributed by atoms with Crippen molar-refractivity contribution in [2.24, 2.45) is 7.05 Å². The molecule has 2 atom stereocenters. The van der Waals surface area contributed by atoms with Crippen molar-refractivity contribution in [1.82, 2.24) is 9.78 Å². The van der Waals surface area contributed by atoms with Crippen molar-refractivity contribution in [3.8, 4) is 0 Å². The highest BCUT2D eigenvalue weighted by Crippen LogP contribution is 2.41. The summed E-state index contributed by atoms with van der Waals surface area (Å²) in [6, 6.07) is 16.6. The molecular weight excluding hydrogens is 260 g/mol. The fraction of sp³-hybridized carbons (Fsp3) is 0.278. The minimum absolute atomic E-state index is 0.456. The van der Waals surface area contributed by atoms with Crippen LogP contribution in [0.1, 0.15) is 35.3 Å². The first-order chi connectivity index (χ1) is 10.2. The van der Waals surface area contributed by atoms with E-state index in [0.29, 0.717) is 5.92 Å². The Balaban J connectivity index is 1.62. The number of aromatic nitrogens is 2. The summed E-state index contributed by atoms with van der Waals surface area (Å²) in [5.74, 6) is 0.456. The molecule has 0 aliphatic heterocycles. The summed E-state index contributed by atoms with van der Waals surface area (Å²) in [5, 5.41) is 16.2. The lowest BCUT2D eigenvalue weighted by Crippen LogP contribution is -2.19. The molecule has 106 valence electrons. The topological polar surface area (TPSA) is 38.0 Å². The number of nitrogens with zero attached hydrogens (tertiary/aromatic N) is 2. The van der Waals surface area contributed by atoms with Crippen LogP contribution in [0.4, 0.5) is 0 Å². The van der Waals surface area contributed by atoms with Gasteiger partial charge in [0.15, 0.2) is 0 Å². The van der Waals surface area contributed by atoms with Crippen LogP contribution in [0.3, 0.4) is 0 Å². The summed E-state index contributed by atoms with van der Waals surface area (Å²) < 4.78 is 1.85. The van der Waals surface area contributed by atoms with Crippen LogP contribution in [0.15, 0.2) is 48.5 Å². The van der Waals surface area contributed by atoms with E-state index in [9.17, 15) is 5.11 Å². The van der Waals surface area contributed by atoms with Gasteiger partial charge in [0, 0.05) is 12.4 Å². The van der Waals surface area contributed by atoms with Gasteiger partial charge in [0.2, 0.25) is 0 Å². The first-order valence-corrected chi connectivity index (χ1v) is 7.41. The fourth-order valence-electron chi connectivity index (χ4n) is 3.44. The number of para-hydroxylation sites is 1. The van der Waals surface area contributed by atoms with Crippen LogP contribution in [-0.4, -0.2) is 14.9 Å². The summed E-state index contributed by atoms with van der Waals surface area (Å²) in [5.41, 5.74) is 4.68. The monoisotopic (exact) mass is 278 g/mol. The largest absolute Gasteiger partial charge is 0.387 e. The van der Waals surface area contributed by atoms with Crippen LogP contribution in [-0.2, 0) is 13.5 Å². The van der Waals surface area contributed by atoms with Crippen LogP contribution < -0.4 is 0 Å². The van der Waals surface area contributed by atoms with Gasteiger partial charge in [0.1, 0.15) is 0 Å². The molecule has 0 saturated heterocycles. The number of aliphatic hydroxyl groups is 1. The van der Waals surface area contributed by atoms with E-state index < -0.39 is 6.10 Å². The SMILES string of the molecule is Cn1nc(C(O)CC2Cc3ccccc32)c2ccccc21. The van der Waals surface area contributed by atoms with Crippen molar-refractivity contribution in [3.05, 3.63) is 65.4 Å². The zero-order chi connectivity index (χ0) is 14.4. The summed E-state index contributed by atoms with van der Waals surface area (Å²) in [6.07, 6.45) is 1.31. The number of benzene rings is 2. The predicted molar refractivity (Wildman–Crippen MR) is 83.2 cm³/mol. The van der Waals surface area contributed by atoms with Gasteiger partial charge >= 0.3 is 0 Å².